The van der Waals surface area contributed by atoms with Gasteiger partial charge in [0.1, 0.15) is 0 Å². The summed E-state index contributed by atoms with van der Waals surface area (Å²) < 4.78 is 0. The van der Waals surface area contributed by atoms with E-state index in [0.717, 1.165) is 25.8 Å². The van der Waals surface area contributed by atoms with E-state index in [9.17, 15) is 4.79 Å². The number of hydrogen-bond acceptors (Lipinski definition) is 2. The zero-order valence-electron chi connectivity index (χ0n) is 7.52. The lowest BCUT2D eigenvalue weighted by molar-refractivity contribution is -0.111. The lowest BCUT2D eigenvalue weighted by Gasteiger charge is -1.98. The van der Waals surface area contributed by atoms with Crippen molar-refractivity contribution in [1.29, 1.82) is 0 Å². The predicted octanol–water partition coefficient (Wildman–Crippen LogP) is 2.44. The van der Waals surface area contributed by atoms with Crippen molar-refractivity contribution in [1.82, 2.24) is 0 Å². The summed E-state index contributed by atoms with van der Waals surface area (Å²) in [6.45, 7) is 0.792. The van der Waals surface area contributed by atoms with Crippen LogP contribution in [0.25, 0.3) is 0 Å². The van der Waals surface area contributed by atoms with Gasteiger partial charge >= 0.3 is 0 Å². The maximum Gasteiger partial charge on any atom is 0.221 e. The first kappa shape index (κ1) is 11.9. The highest BCUT2D eigenvalue weighted by atomic mass is 35.5. The van der Waals surface area contributed by atoms with Gasteiger partial charge in [0.15, 0.2) is 0 Å². The molecule has 0 radical (unpaired) electrons. The molecule has 0 aliphatic carbocycles. The number of carbonyl (C=O) groups is 1. The third-order valence-electron chi connectivity index (χ3n) is 1.83. The van der Waals surface area contributed by atoms with Crippen LogP contribution >= 0.6 is 11.6 Å². The molecule has 2 nitrogen and oxygen atoms in total. The number of halogens is 1. The quantitative estimate of drug-likeness (QED) is 0.473. The molecule has 0 saturated carbocycles. The van der Waals surface area contributed by atoms with Crippen LogP contribution in [-0.2, 0) is 4.79 Å². The molecule has 0 heterocycles. The maximum atomic E-state index is 10.3. The molecule has 0 fully saturated rings. The maximum absolute atomic E-state index is 10.3. The first-order valence-electron chi connectivity index (χ1n) is 4.65. The minimum Gasteiger partial charge on any atom is -0.330 e. The molecule has 12 heavy (non-hydrogen) atoms. The Morgan fingerprint density at radius 2 is 1.50 bits per heavy atom. The molecular formula is C9H18ClNO. The van der Waals surface area contributed by atoms with Gasteiger partial charge in [0.25, 0.3) is 0 Å². The van der Waals surface area contributed by atoms with E-state index in [0.29, 0.717) is 6.42 Å². The summed E-state index contributed by atoms with van der Waals surface area (Å²) in [5, 5.41) is -0.211. The molecule has 0 unspecified atom stereocenters. The van der Waals surface area contributed by atoms with Crippen LogP contribution in [0.5, 0.6) is 0 Å². The van der Waals surface area contributed by atoms with Crippen LogP contribution in [0, 0.1) is 0 Å². The molecule has 3 heteroatoms. The van der Waals surface area contributed by atoms with Crippen LogP contribution in [0.4, 0.5) is 0 Å². The summed E-state index contributed by atoms with van der Waals surface area (Å²) in [7, 11) is 0. The van der Waals surface area contributed by atoms with E-state index < -0.39 is 0 Å². The predicted molar refractivity (Wildman–Crippen MR) is 52.2 cm³/mol. The molecule has 72 valence electrons. The Labute approximate surface area is 79.5 Å². The van der Waals surface area contributed by atoms with Crippen LogP contribution in [0.1, 0.15) is 44.9 Å². The van der Waals surface area contributed by atoms with Crippen molar-refractivity contribution in [2.24, 2.45) is 5.73 Å². The number of nitrogens with two attached hydrogens (primary N) is 1. The van der Waals surface area contributed by atoms with Gasteiger partial charge in [-0.05, 0) is 31.0 Å². The summed E-state index contributed by atoms with van der Waals surface area (Å²) in [6, 6.07) is 0. The lowest BCUT2D eigenvalue weighted by atomic mass is 10.1. The van der Waals surface area contributed by atoms with Gasteiger partial charge in [0, 0.05) is 6.42 Å². The number of rotatable bonds is 8. The molecule has 0 saturated heterocycles. The second kappa shape index (κ2) is 9.01. The van der Waals surface area contributed by atoms with Gasteiger partial charge in [0.2, 0.25) is 5.24 Å². The standard InChI is InChI=1S/C9H18ClNO/c10-9(12)7-5-3-1-2-4-6-8-11/h1-8,11H2. The largest absolute Gasteiger partial charge is 0.330 e. The average molecular weight is 192 g/mol. The molecular weight excluding hydrogens is 174 g/mol. The molecule has 0 amide bonds. The smallest absolute Gasteiger partial charge is 0.221 e. The molecule has 0 aromatic carbocycles. The van der Waals surface area contributed by atoms with E-state index >= 15 is 0 Å². The van der Waals surface area contributed by atoms with Gasteiger partial charge in [-0.25, -0.2) is 0 Å². The van der Waals surface area contributed by atoms with Gasteiger partial charge in [-0.3, -0.25) is 4.79 Å². The van der Waals surface area contributed by atoms with Crippen LogP contribution in [0.2, 0.25) is 0 Å². The van der Waals surface area contributed by atoms with Crippen LogP contribution in [0.15, 0.2) is 0 Å². The summed E-state index contributed by atoms with van der Waals surface area (Å²) in [5.74, 6) is 0. The number of unbranched alkanes of at least 4 members (excludes halogenated alkanes) is 5. The zero-order valence-corrected chi connectivity index (χ0v) is 8.28. The molecule has 0 rings (SSSR count). The average Bonchev–Trinajstić information content (AvgIpc) is 2.02. The summed E-state index contributed by atoms with van der Waals surface area (Å²) in [6.07, 6.45) is 7.34. The summed E-state index contributed by atoms with van der Waals surface area (Å²) in [5.41, 5.74) is 5.35. The van der Waals surface area contributed by atoms with Gasteiger partial charge in [0.05, 0.1) is 0 Å². The van der Waals surface area contributed by atoms with Gasteiger partial charge in [-0.1, -0.05) is 25.7 Å². The van der Waals surface area contributed by atoms with Crippen LogP contribution in [0.3, 0.4) is 0 Å². The molecule has 0 spiro atoms. The van der Waals surface area contributed by atoms with Crippen LogP contribution < -0.4 is 5.73 Å². The fourth-order valence-electron chi connectivity index (χ4n) is 1.12. The van der Waals surface area contributed by atoms with E-state index in [-0.39, 0.29) is 5.24 Å². The Balaban J connectivity index is 2.86. The van der Waals surface area contributed by atoms with Gasteiger partial charge < -0.3 is 5.73 Å². The topological polar surface area (TPSA) is 43.1 Å². The highest BCUT2D eigenvalue weighted by Crippen LogP contribution is 2.07. The second-order valence-electron chi connectivity index (χ2n) is 3.02. The van der Waals surface area contributed by atoms with Crippen molar-refractivity contribution in [3.63, 3.8) is 0 Å². The van der Waals surface area contributed by atoms with Crippen molar-refractivity contribution >= 4 is 16.8 Å². The van der Waals surface area contributed by atoms with Crippen molar-refractivity contribution < 1.29 is 4.79 Å². The first-order valence-corrected chi connectivity index (χ1v) is 5.03. The molecule has 0 bridgehead atoms. The fraction of sp³-hybridized carbons (Fsp3) is 0.889. The summed E-state index contributed by atoms with van der Waals surface area (Å²) in [4.78, 5) is 10.3. The SMILES string of the molecule is NCCCCCCCCC(=O)Cl. The minimum absolute atomic E-state index is 0.211. The molecule has 0 aromatic heterocycles. The monoisotopic (exact) mass is 191 g/mol. The Bertz CT molecular complexity index is 117. The van der Waals surface area contributed by atoms with Crippen molar-refractivity contribution in [3.05, 3.63) is 0 Å². The van der Waals surface area contributed by atoms with Gasteiger partial charge in [-0.15, -0.1) is 0 Å². The zero-order chi connectivity index (χ0) is 9.23. The summed E-state index contributed by atoms with van der Waals surface area (Å²) >= 11 is 5.18. The van der Waals surface area contributed by atoms with Crippen molar-refractivity contribution in [3.8, 4) is 0 Å². The third kappa shape index (κ3) is 9.92. The Morgan fingerprint density at radius 1 is 1.00 bits per heavy atom. The van der Waals surface area contributed by atoms with E-state index in [4.69, 9.17) is 17.3 Å². The molecule has 0 aliphatic heterocycles. The molecule has 0 aliphatic rings. The third-order valence-corrected chi connectivity index (χ3v) is 2.02. The molecule has 2 N–H and O–H groups in total. The van der Waals surface area contributed by atoms with Gasteiger partial charge in [-0.2, -0.15) is 0 Å². The molecule has 0 atom stereocenters. The van der Waals surface area contributed by atoms with E-state index in [1.54, 1.807) is 0 Å². The van der Waals surface area contributed by atoms with Crippen molar-refractivity contribution in [2.45, 2.75) is 44.9 Å². The Morgan fingerprint density at radius 3 is 2.00 bits per heavy atom. The Hall–Kier alpha value is -0.0800. The second-order valence-corrected chi connectivity index (χ2v) is 3.44. The van der Waals surface area contributed by atoms with Crippen LogP contribution in [-0.4, -0.2) is 11.8 Å². The van der Waals surface area contributed by atoms with Crippen molar-refractivity contribution in [2.75, 3.05) is 6.54 Å². The molecule has 0 aromatic rings. The lowest BCUT2D eigenvalue weighted by Crippen LogP contribution is -1.97. The highest BCUT2D eigenvalue weighted by Gasteiger charge is 1.95. The Kier molecular flexibility index (Phi) is 8.95. The number of hydrogen-bond donors (Lipinski definition) is 1. The normalized spacial score (nSPS) is 10.2. The van der Waals surface area contributed by atoms with E-state index in [1.807, 2.05) is 0 Å². The number of carbonyl (C=O) groups excluding carboxylic acids is 1. The fourth-order valence-corrected chi connectivity index (χ4v) is 1.25. The first-order chi connectivity index (χ1) is 5.77. The van der Waals surface area contributed by atoms with E-state index in [1.165, 1.54) is 19.3 Å². The highest BCUT2D eigenvalue weighted by molar-refractivity contribution is 6.63. The van der Waals surface area contributed by atoms with E-state index in [2.05, 4.69) is 0 Å². The minimum atomic E-state index is -0.211.